The van der Waals surface area contributed by atoms with Gasteiger partial charge in [-0.25, -0.2) is 9.37 Å². The summed E-state index contributed by atoms with van der Waals surface area (Å²) in [6.45, 7) is 1.74. The van der Waals surface area contributed by atoms with Crippen LogP contribution in [0.1, 0.15) is 29.8 Å². The van der Waals surface area contributed by atoms with Gasteiger partial charge in [-0.3, -0.25) is 0 Å². The molecule has 0 bridgehead atoms. The number of pyridine rings is 1. The van der Waals surface area contributed by atoms with E-state index >= 15 is 0 Å². The van der Waals surface area contributed by atoms with E-state index in [1.54, 1.807) is 13.0 Å². The van der Waals surface area contributed by atoms with Crippen molar-refractivity contribution >= 4 is 23.1 Å². The summed E-state index contributed by atoms with van der Waals surface area (Å²) in [6.07, 6.45) is 3.37. The predicted molar refractivity (Wildman–Crippen MR) is 87.7 cm³/mol. The van der Waals surface area contributed by atoms with Crippen LogP contribution in [0.3, 0.4) is 0 Å². The summed E-state index contributed by atoms with van der Waals surface area (Å²) in [6, 6.07) is 16.0. The van der Waals surface area contributed by atoms with Crippen LogP contribution in [-0.2, 0) is 0 Å². The van der Waals surface area contributed by atoms with Crippen molar-refractivity contribution in [3.8, 4) is 0 Å². The van der Waals surface area contributed by atoms with Crippen LogP contribution >= 0.6 is 0 Å². The van der Waals surface area contributed by atoms with E-state index in [-0.39, 0.29) is 5.82 Å². The average molecular weight is 293 g/mol. The quantitative estimate of drug-likeness (QED) is 0.765. The highest BCUT2D eigenvalue weighted by atomic mass is 19.1. The molecule has 22 heavy (non-hydrogen) atoms. The molecule has 0 spiro atoms. The summed E-state index contributed by atoms with van der Waals surface area (Å²) in [5, 5.41) is 10.4. The van der Waals surface area contributed by atoms with Gasteiger partial charge in [-0.05, 0) is 54.5 Å². The highest BCUT2D eigenvalue weighted by Gasteiger charge is 2.01. The highest BCUT2D eigenvalue weighted by molar-refractivity contribution is 5.81. The molecule has 3 heteroatoms. The molecule has 1 atom stereocenters. The normalized spacial score (nSPS) is 12.9. The lowest BCUT2D eigenvalue weighted by Gasteiger charge is -2.05. The minimum atomic E-state index is -0.484. The Hall–Kier alpha value is -2.52. The minimum Gasteiger partial charge on any atom is -0.389 e. The second-order valence-electron chi connectivity index (χ2n) is 5.25. The molecule has 0 saturated carbocycles. The van der Waals surface area contributed by atoms with Crippen molar-refractivity contribution in [1.82, 2.24) is 4.98 Å². The molecule has 1 unspecified atom stereocenters. The molecule has 0 fully saturated rings. The van der Waals surface area contributed by atoms with Gasteiger partial charge in [-0.1, -0.05) is 30.3 Å². The Morgan fingerprint density at radius 3 is 2.73 bits per heavy atom. The van der Waals surface area contributed by atoms with E-state index in [1.807, 2.05) is 48.6 Å². The van der Waals surface area contributed by atoms with Gasteiger partial charge in [0.05, 0.1) is 17.3 Å². The third kappa shape index (κ3) is 3.21. The second kappa shape index (κ2) is 6.08. The smallest absolute Gasteiger partial charge is 0.123 e. The first-order valence-corrected chi connectivity index (χ1v) is 7.14. The number of fused-ring (bicyclic) bond motifs is 1. The maximum absolute atomic E-state index is 13.1. The van der Waals surface area contributed by atoms with Gasteiger partial charge in [0.25, 0.3) is 0 Å². The Bertz CT molecular complexity index is 840. The largest absolute Gasteiger partial charge is 0.389 e. The molecular formula is C19H16FNO. The molecule has 3 rings (SSSR count). The Morgan fingerprint density at radius 2 is 1.91 bits per heavy atom. The molecule has 0 aliphatic carbocycles. The minimum absolute atomic E-state index is 0.257. The Balaban J connectivity index is 1.89. The Labute approximate surface area is 128 Å². The third-order valence-corrected chi connectivity index (χ3v) is 3.51. The molecule has 110 valence electrons. The molecule has 0 amide bonds. The fourth-order valence-corrected chi connectivity index (χ4v) is 2.31. The zero-order valence-electron chi connectivity index (χ0n) is 12.2. The number of aromatic nitrogens is 1. The van der Waals surface area contributed by atoms with Crippen molar-refractivity contribution in [1.29, 1.82) is 0 Å². The molecule has 1 N–H and O–H groups in total. The average Bonchev–Trinajstić information content (AvgIpc) is 2.53. The molecule has 0 radical (unpaired) electrons. The maximum Gasteiger partial charge on any atom is 0.123 e. The number of aliphatic hydroxyl groups is 1. The van der Waals surface area contributed by atoms with Crippen LogP contribution in [0, 0.1) is 5.82 Å². The summed E-state index contributed by atoms with van der Waals surface area (Å²) in [7, 11) is 0. The van der Waals surface area contributed by atoms with Gasteiger partial charge in [-0.15, -0.1) is 0 Å². The van der Waals surface area contributed by atoms with Gasteiger partial charge < -0.3 is 5.11 Å². The molecule has 2 nitrogen and oxygen atoms in total. The molecule has 2 aromatic carbocycles. The van der Waals surface area contributed by atoms with Gasteiger partial charge in [0.2, 0.25) is 0 Å². The standard InChI is InChI=1S/C19H16FNO/c1-13(22)15-4-2-3-14(11-15)5-8-18-9-6-16-12-17(20)7-10-19(16)21-18/h2-13,22H,1H3. The van der Waals surface area contributed by atoms with Crippen molar-refractivity contribution in [2.45, 2.75) is 13.0 Å². The fraction of sp³-hybridized carbons (Fsp3) is 0.105. The molecule has 1 aromatic heterocycles. The Morgan fingerprint density at radius 1 is 1.05 bits per heavy atom. The van der Waals surface area contributed by atoms with E-state index in [2.05, 4.69) is 4.98 Å². The van der Waals surface area contributed by atoms with Crippen LogP contribution in [0.25, 0.3) is 23.1 Å². The number of hydrogen-bond acceptors (Lipinski definition) is 2. The molecule has 0 aliphatic heterocycles. The lowest BCUT2D eigenvalue weighted by atomic mass is 10.1. The van der Waals surface area contributed by atoms with E-state index < -0.39 is 6.10 Å². The predicted octanol–water partition coefficient (Wildman–Crippen LogP) is 4.60. The zero-order chi connectivity index (χ0) is 15.5. The number of nitrogens with zero attached hydrogens (tertiary/aromatic N) is 1. The van der Waals surface area contributed by atoms with Crippen LogP contribution in [0.5, 0.6) is 0 Å². The monoisotopic (exact) mass is 293 g/mol. The molecule has 0 saturated heterocycles. The first-order chi connectivity index (χ1) is 10.6. The molecule has 1 heterocycles. The maximum atomic E-state index is 13.1. The van der Waals surface area contributed by atoms with Crippen LogP contribution in [0.15, 0.2) is 54.6 Å². The number of benzene rings is 2. The SMILES string of the molecule is CC(O)c1cccc(C=Cc2ccc3cc(F)ccc3n2)c1. The van der Waals surface area contributed by atoms with Crippen LogP contribution in [-0.4, -0.2) is 10.1 Å². The topological polar surface area (TPSA) is 33.1 Å². The first kappa shape index (κ1) is 14.4. The van der Waals surface area contributed by atoms with Crippen molar-refractivity contribution < 1.29 is 9.50 Å². The van der Waals surface area contributed by atoms with Gasteiger partial charge in [-0.2, -0.15) is 0 Å². The number of aliphatic hydroxyl groups excluding tert-OH is 1. The summed E-state index contributed by atoms with van der Waals surface area (Å²) in [5.74, 6) is -0.257. The van der Waals surface area contributed by atoms with Crippen LogP contribution in [0.2, 0.25) is 0 Å². The lowest BCUT2D eigenvalue weighted by Crippen LogP contribution is -1.90. The molecular weight excluding hydrogens is 277 g/mol. The molecule has 0 aliphatic rings. The summed E-state index contributed by atoms with van der Waals surface area (Å²) in [5.41, 5.74) is 3.45. The van der Waals surface area contributed by atoms with E-state index in [4.69, 9.17) is 0 Å². The number of rotatable bonds is 3. The molecule has 3 aromatic rings. The fourth-order valence-electron chi connectivity index (χ4n) is 2.31. The second-order valence-corrected chi connectivity index (χ2v) is 5.25. The Kier molecular flexibility index (Phi) is 3.98. The van der Waals surface area contributed by atoms with Gasteiger partial charge in [0, 0.05) is 5.39 Å². The van der Waals surface area contributed by atoms with Gasteiger partial charge >= 0.3 is 0 Å². The summed E-state index contributed by atoms with van der Waals surface area (Å²) >= 11 is 0. The van der Waals surface area contributed by atoms with Crippen LogP contribution in [0.4, 0.5) is 4.39 Å². The third-order valence-electron chi connectivity index (χ3n) is 3.51. The highest BCUT2D eigenvalue weighted by Crippen LogP contribution is 2.17. The summed E-state index contributed by atoms with van der Waals surface area (Å²) in [4.78, 5) is 4.49. The number of halogens is 1. The van der Waals surface area contributed by atoms with Crippen LogP contribution < -0.4 is 0 Å². The van der Waals surface area contributed by atoms with E-state index in [0.717, 1.165) is 27.7 Å². The van der Waals surface area contributed by atoms with E-state index in [9.17, 15) is 9.50 Å². The van der Waals surface area contributed by atoms with E-state index in [0.29, 0.717) is 0 Å². The van der Waals surface area contributed by atoms with Crippen molar-refractivity contribution in [2.24, 2.45) is 0 Å². The zero-order valence-corrected chi connectivity index (χ0v) is 12.2. The number of hydrogen-bond donors (Lipinski definition) is 1. The van der Waals surface area contributed by atoms with Crippen molar-refractivity contribution in [2.75, 3.05) is 0 Å². The van der Waals surface area contributed by atoms with Crippen molar-refractivity contribution in [3.63, 3.8) is 0 Å². The van der Waals surface area contributed by atoms with Crippen molar-refractivity contribution in [3.05, 3.63) is 77.2 Å². The summed E-state index contributed by atoms with van der Waals surface area (Å²) < 4.78 is 13.1. The van der Waals surface area contributed by atoms with Gasteiger partial charge in [0.1, 0.15) is 5.82 Å². The first-order valence-electron chi connectivity index (χ1n) is 7.14. The lowest BCUT2D eigenvalue weighted by molar-refractivity contribution is 0.199. The van der Waals surface area contributed by atoms with Gasteiger partial charge in [0.15, 0.2) is 0 Å². The van der Waals surface area contributed by atoms with E-state index in [1.165, 1.54) is 12.1 Å².